The van der Waals surface area contributed by atoms with Crippen LogP contribution in [0.2, 0.25) is 0 Å². The zero-order valence-corrected chi connectivity index (χ0v) is 14.7. The van der Waals surface area contributed by atoms with Gasteiger partial charge in [0.25, 0.3) is 0 Å². The highest BCUT2D eigenvalue weighted by Crippen LogP contribution is 2.33. The third-order valence-electron chi connectivity index (χ3n) is 3.39. The molecule has 1 atom stereocenters. The Morgan fingerprint density at radius 2 is 2.00 bits per heavy atom. The number of aromatic nitrogens is 1. The van der Waals surface area contributed by atoms with E-state index in [1.54, 1.807) is 0 Å². The van der Waals surface area contributed by atoms with Crippen molar-refractivity contribution in [2.45, 2.75) is 44.7 Å². The number of benzene rings is 1. The summed E-state index contributed by atoms with van der Waals surface area (Å²) in [6, 6.07) is 10.6. The van der Waals surface area contributed by atoms with Crippen molar-refractivity contribution in [3.63, 3.8) is 0 Å². The molecule has 1 aromatic heterocycles. The lowest BCUT2D eigenvalue weighted by Crippen LogP contribution is -2.12. The third kappa shape index (κ3) is 4.83. The van der Waals surface area contributed by atoms with Crippen LogP contribution in [0.1, 0.15) is 37.9 Å². The first-order valence-corrected chi connectivity index (χ1v) is 9.47. The molecule has 2 nitrogen and oxygen atoms in total. The van der Waals surface area contributed by atoms with Gasteiger partial charge in [-0.2, -0.15) is 11.8 Å². The molecule has 0 spiro atoms. The van der Waals surface area contributed by atoms with Gasteiger partial charge in [0.05, 0.1) is 10.6 Å². The van der Waals surface area contributed by atoms with Crippen LogP contribution in [0, 0.1) is 0 Å². The van der Waals surface area contributed by atoms with Gasteiger partial charge in [0.1, 0.15) is 5.01 Å². The SMILES string of the molecule is CCNCc1nc(CSC(C)CC)sc1-c1ccccc1. The van der Waals surface area contributed by atoms with E-state index in [9.17, 15) is 0 Å². The number of hydrogen-bond donors (Lipinski definition) is 1. The number of rotatable bonds is 8. The van der Waals surface area contributed by atoms with E-state index < -0.39 is 0 Å². The molecule has 1 heterocycles. The number of thiazole rings is 1. The molecule has 0 radical (unpaired) electrons. The Kier molecular flexibility index (Phi) is 6.74. The molecule has 0 aliphatic heterocycles. The average Bonchev–Trinajstić information content (AvgIpc) is 2.94. The van der Waals surface area contributed by atoms with Crippen molar-refractivity contribution < 1.29 is 0 Å². The minimum Gasteiger partial charge on any atom is -0.311 e. The largest absolute Gasteiger partial charge is 0.311 e. The van der Waals surface area contributed by atoms with Crippen molar-refractivity contribution >= 4 is 23.1 Å². The topological polar surface area (TPSA) is 24.9 Å². The van der Waals surface area contributed by atoms with E-state index in [0.717, 1.165) is 18.8 Å². The maximum atomic E-state index is 4.87. The molecule has 0 aliphatic rings. The van der Waals surface area contributed by atoms with Gasteiger partial charge < -0.3 is 5.32 Å². The molecule has 1 unspecified atom stereocenters. The Hall–Kier alpha value is -0.840. The average molecular weight is 321 g/mol. The first-order valence-electron chi connectivity index (χ1n) is 7.60. The molecule has 1 N–H and O–H groups in total. The summed E-state index contributed by atoms with van der Waals surface area (Å²) < 4.78 is 0. The van der Waals surface area contributed by atoms with E-state index in [0.29, 0.717) is 5.25 Å². The first-order chi connectivity index (χ1) is 10.2. The summed E-state index contributed by atoms with van der Waals surface area (Å²) in [5.41, 5.74) is 2.47. The molecule has 1 aromatic carbocycles. The molecule has 0 bridgehead atoms. The van der Waals surface area contributed by atoms with Crippen molar-refractivity contribution in [1.29, 1.82) is 0 Å². The quantitative estimate of drug-likeness (QED) is 0.745. The Labute approximate surface area is 136 Å². The fraction of sp³-hybridized carbons (Fsp3) is 0.471. The summed E-state index contributed by atoms with van der Waals surface area (Å²) in [4.78, 5) is 6.18. The van der Waals surface area contributed by atoms with Crippen molar-refractivity contribution in [2.75, 3.05) is 6.54 Å². The van der Waals surface area contributed by atoms with Crippen LogP contribution in [-0.4, -0.2) is 16.8 Å². The molecule has 0 aliphatic carbocycles. The fourth-order valence-corrected chi connectivity index (χ4v) is 4.02. The van der Waals surface area contributed by atoms with Gasteiger partial charge in [-0.05, 0) is 18.5 Å². The second-order valence-corrected chi connectivity index (χ2v) is 7.57. The molecular weight excluding hydrogens is 296 g/mol. The van der Waals surface area contributed by atoms with Gasteiger partial charge in [-0.1, -0.05) is 51.1 Å². The smallest absolute Gasteiger partial charge is 0.103 e. The summed E-state index contributed by atoms with van der Waals surface area (Å²) in [5, 5.41) is 5.34. The van der Waals surface area contributed by atoms with Gasteiger partial charge in [-0.15, -0.1) is 11.3 Å². The van der Waals surface area contributed by atoms with Gasteiger partial charge in [0.15, 0.2) is 0 Å². The molecular formula is C17H24N2S2. The monoisotopic (exact) mass is 320 g/mol. The van der Waals surface area contributed by atoms with E-state index >= 15 is 0 Å². The number of nitrogens with zero attached hydrogens (tertiary/aromatic N) is 1. The summed E-state index contributed by atoms with van der Waals surface area (Å²) in [5.74, 6) is 1.02. The highest BCUT2D eigenvalue weighted by atomic mass is 32.2. The Bertz CT molecular complexity index is 537. The summed E-state index contributed by atoms with van der Waals surface area (Å²) in [6.07, 6.45) is 1.21. The van der Waals surface area contributed by atoms with Crippen molar-refractivity contribution in [3.05, 3.63) is 41.0 Å². The zero-order valence-electron chi connectivity index (χ0n) is 13.1. The van der Waals surface area contributed by atoms with E-state index in [1.807, 2.05) is 23.1 Å². The molecule has 2 rings (SSSR count). The molecule has 4 heteroatoms. The lowest BCUT2D eigenvalue weighted by atomic mass is 10.1. The zero-order chi connectivity index (χ0) is 15.1. The number of thioether (sulfide) groups is 1. The minimum atomic E-state index is 0.700. The predicted molar refractivity (Wildman–Crippen MR) is 96.0 cm³/mol. The van der Waals surface area contributed by atoms with Gasteiger partial charge in [0.2, 0.25) is 0 Å². The van der Waals surface area contributed by atoms with Crippen LogP contribution >= 0.6 is 23.1 Å². The molecule has 2 aromatic rings. The highest BCUT2D eigenvalue weighted by molar-refractivity contribution is 7.99. The van der Waals surface area contributed by atoms with Crippen LogP contribution in [0.15, 0.2) is 30.3 Å². The number of hydrogen-bond acceptors (Lipinski definition) is 4. The van der Waals surface area contributed by atoms with Crippen molar-refractivity contribution in [2.24, 2.45) is 0 Å². The number of nitrogens with one attached hydrogen (secondary N) is 1. The Balaban J connectivity index is 2.19. The van der Waals surface area contributed by atoms with E-state index in [2.05, 4.69) is 56.4 Å². The van der Waals surface area contributed by atoms with Crippen molar-refractivity contribution in [3.8, 4) is 10.4 Å². The van der Waals surface area contributed by atoms with Crippen LogP contribution in [0.5, 0.6) is 0 Å². The van der Waals surface area contributed by atoms with Gasteiger partial charge in [-0.25, -0.2) is 4.98 Å². The summed E-state index contributed by atoms with van der Waals surface area (Å²) in [6.45, 7) is 8.49. The van der Waals surface area contributed by atoms with Crippen LogP contribution in [-0.2, 0) is 12.3 Å². The molecule has 0 saturated carbocycles. The highest BCUT2D eigenvalue weighted by Gasteiger charge is 2.13. The van der Waals surface area contributed by atoms with Crippen LogP contribution in [0.25, 0.3) is 10.4 Å². The third-order valence-corrected chi connectivity index (χ3v) is 6.06. The van der Waals surface area contributed by atoms with E-state index in [1.165, 1.54) is 27.6 Å². The maximum absolute atomic E-state index is 4.87. The van der Waals surface area contributed by atoms with E-state index in [-0.39, 0.29) is 0 Å². The van der Waals surface area contributed by atoms with Crippen LogP contribution < -0.4 is 5.32 Å². The summed E-state index contributed by atoms with van der Waals surface area (Å²) in [7, 11) is 0. The second-order valence-electron chi connectivity index (χ2n) is 5.06. The van der Waals surface area contributed by atoms with Crippen molar-refractivity contribution in [1.82, 2.24) is 10.3 Å². The van der Waals surface area contributed by atoms with Crippen LogP contribution in [0.3, 0.4) is 0 Å². The van der Waals surface area contributed by atoms with Crippen LogP contribution in [0.4, 0.5) is 0 Å². The Morgan fingerprint density at radius 1 is 1.24 bits per heavy atom. The molecule has 114 valence electrons. The lowest BCUT2D eigenvalue weighted by Gasteiger charge is -2.05. The predicted octanol–water partition coefficient (Wildman–Crippen LogP) is 4.95. The van der Waals surface area contributed by atoms with Gasteiger partial charge in [0, 0.05) is 17.5 Å². The normalized spacial score (nSPS) is 12.5. The van der Waals surface area contributed by atoms with E-state index in [4.69, 9.17) is 4.98 Å². The van der Waals surface area contributed by atoms with Gasteiger partial charge in [-0.3, -0.25) is 0 Å². The molecule has 0 fully saturated rings. The fourth-order valence-electron chi connectivity index (χ4n) is 1.97. The standard InChI is InChI=1S/C17H24N2S2/c1-4-13(3)20-12-16-19-15(11-18-5-2)17(21-16)14-9-7-6-8-10-14/h6-10,13,18H,4-5,11-12H2,1-3H3. The minimum absolute atomic E-state index is 0.700. The lowest BCUT2D eigenvalue weighted by molar-refractivity contribution is 0.714. The van der Waals surface area contributed by atoms with Gasteiger partial charge >= 0.3 is 0 Å². The second kappa shape index (κ2) is 8.57. The maximum Gasteiger partial charge on any atom is 0.103 e. The Morgan fingerprint density at radius 3 is 2.67 bits per heavy atom. The molecule has 21 heavy (non-hydrogen) atoms. The molecule has 0 saturated heterocycles. The summed E-state index contributed by atoms with van der Waals surface area (Å²) >= 11 is 3.84. The first kappa shape index (κ1) is 16.5. The molecule has 0 amide bonds.